The molecule has 0 fully saturated rings. The average Bonchev–Trinajstić information content (AvgIpc) is 2.19. The maximum absolute atomic E-state index is 11.1. The molecule has 0 aliphatic rings. The lowest BCUT2D eigenvalue weighted by atomic mass is 10.2. The number of carbonyl (C=O) groups excluding carboxylic acids is 1. The van der Waals surface area contributed by atoms with Crippen LogP contribution in [0.5, 0.6) is 11.5 Å². The summed E-state index contributed by atoms with van der Waals surface area (Å²) in [6, 6.07) is 3.13. The molecule has 16 heavy (non-hydrogen) atoms. The van der Waals surface area contributed by atoms with Gasteiger partial charge in [-0.25, -0.2) is 0 Å². The minimum Gasteiger partial charge on any atom is -0.494 e. The van der Waals surface area contributed by atoms with E-state index >= 15 is 0 Å². The van der Waals surface area contributed by atoms with Crippen molar-refractivity contribution in [2.75, 3.05) is 7.11 Å². The van der Waals surface area contributed by atoms with Crippen LogP contribution in [-0.2, 0) is 0 Å². The number of nitrogens with two attached hydrogens (primary N) is 1. The van der Waals surface area contributed by atoms with E-state index in [4.69, 9.17) is 26.8 Å². The Bertz CT molecular complexity index is 404. The molecule has 1 aromatic rings. The Hall–Kier alpha value is -1.42. The molecular formula is C11H14ClNO3. The first-order valence-corrected chi connectivity index (χ1v) is 5.18. The molecule has 5 heteroatoms. The van der Waals surface area contributed by atoms with E-state index in [0.717, 1.165) is 0 Å². The standard InChI is InChI=1S/C11H14ClNO3/c1-6(2)16-8-5-4-7(11(13)14)10(15-3)9(8)12/h4-6H,1-3H3,(H2,13,14). The Kier molecular flexibility index (Phi) is 4.01. The van der Waals surface area contributed by atoms with Gasteiger partial charge in [-0.15, -0.1) is 0 Å². The van der Waals surface area contributed by atoms with Crippen molar-refractivity contribution in [2.24, 2.45) is 5.73 Å². The highest BCUT2D eigenvalue weighted by Gasteiger charge is 2.17. The second-order valence-corrected chi connectivity index (χ2v) is 3.87. The third kappa shape index (κ3) is 2.58. The zero-order valence-electron chi connectivity index (χ0n) is 9.41. The minimum atomic E-state index is -0.588. The molecule has 4 nitrogen and oxygen atoms in total. The number of rotatable bonds is 4. The normalized spacial score (nSPS) is 10.3. The predicted octanol–water partition coefficient (Wildman–Crippen LogP) is 2.23. The van der Waals surface area contributed by atoms with Crippen LogP contribution in [0.3, 0.4) is 0 Å². The number of ether oxygens (including phenoxy) is 2. The van der Waals surface area contributed by atoms with Crippen LogP contribution < -0.4 is 15.2 Å². The number of carbonyl (C=O) groups is 1. The van der Waals surface area contributed by atoms with Gasteiger partial charge in [0.05, 0.1) is 18.8 Å². The number of primary amides is 1. The highest BCUT2D eigenvalue weighted by atomic mass is 35.5. The van der Waals surface area contributed by atoms with Gasteiger partial charge >= 0.3 is 0 Å². The number of hydrogen-bond donors (Lipinski definition) is 1. The molecule has 1 amide bonds. The van der Waals surface area contributed by atoms with E-state index < -0.39 is 5.91 Å². The van der Waals surface area contributed by atoms with Gasteiger partial charge in [0.1, 0.15) is 10.8 Å². The first kappa shape index (κ1) is 12.6. The molecule has 0 aliphatic carbocycles. The van der Waals surface area contributed by atoms with Crippen LogP contribution in [0.1, 0.15) is 24.2 Å². The largest absolute Gasteiger partial charge is 0.494 e. The first-order chi connectivity index (χ1) is 7.47. The van der Waals surface area contributed by atoms with Gasteiger partial charge in [-0.1, -0.05) is 11.6 Å². The summed E-state index contributed by atoms with van der Waals surface area (Å²) in [5.74, 6) is 0.126. The van der Waals surface area contributed by atoms with Gasteiger partial charge in [-0.3, -0.25) is 4.79 Å². The van der Waals surface area contributed by atoms with Gasteiger partial charge in [0.25, 0.3) is 5.91 Å². The minimum absolute atomic E-state index is 0.0124. The van der Waals surface area contributed by atoms with E-state index in [0.29, 0.717) is 5.75 Å². The smallest absolute Gasteiger partial charge is 0.252 e. The topological polar surface area (TPSA) is 61.5 Å². The molecular weight excluding hydrogens is 230 g/mol. The van der Waals surface area contributed by atoms with Crippen LogP contribution in [0, 0.1) is 0 Å². The number of amides is 1. The van der Waals surface area contributed by atoms with Crippen LogP contribution >= 0.6 is 11.6 Å². The Labute approximate surface area is 99.3 Å². The quantitative estimate of drug-likeness (QED) is 0.882. The van der Waals surface area contributed by atoms with E-state index in [9.17, 15) is 4.79 Å². The fraction of sp³-hybridized carbons (Fsp3) is 0.364. The SMILES string of the molecule is COc1c(C(N)=O)ccc(OC(C)C)c1Cl. The molecule has 0 spiro atoms. The molecule has 0 bridgehead atoms. The fourth-order valence-electron chi connectivity index (χ4n) is 1.28. The zero-order valence-corrected chi connectivity index (χ0v) is 10.2. The molecule has 0 aliphatic heterocycles. The second-order valence-electron chi connectivity index (χ2n) is 3.49. The maximum Gasteiger partial charge on any atom is 0.252 e. The van der Waals surface area contributed by atoms with Crippen LogP contribution in [-0.4, -0.2) is 19.1 Å². The highest BCUT2D eigenvalue weighted by Crippen LogP contribution is 2.37. The van der Waals surface area contributed by atoms with E-state index in [1.807, 2.05) is 13.8 Å². The fourth-order valence-corrected chi connectivity index (χ4v) is 1.56. The van der Waals surface area contributed by atoms with Crippen molar-refractivity contribution in [1.82, 2.24) is 0 Å². The Morgan fingerprint density at radius 2 is 2.06 bits per heavy atom. The Balaban J connectivity index is 3.23. The average molecular weight is 244 g/mol. The van der Waals surface area contributed by atoms with E-state index in [1.165, 1.54) is 13.2 Å². The highest BCUT2D eigenvalue weighted by molar-refractivity contribution is 6.34. The van der Waals surface area contributed by atoms with Gasteiger partial charge in [-0.05, 0) is 26.0 Å². The lowest BCUT2D eigenvalue weighted by Crippen LogP contribution is -2.13. The molecule has 0 unspecified atom stereocenters. The third-order valence-electron chi connectivity index (χ3n) is 1.89. The summed E-state index contributed by atoms with van der Waals surface area (Å²) >= 11 is 6.04. The molecule has 1 aromatic carbocycles. The Morgan fingerprint density at radius 1 is 1.44 bits per heavy atom. The molecule has 2 N–H and O–H groups in total. The van der Waals surface area contributed by atoms with Crippen molar-refractivity contribution >= 4 is 17.5 Å². The van der Waals surface area contributed by atoms with E-state index in [1.54, 1.807) is 6.07 Å². The van der Waals surface area contributed by atoms with E-state index in [-0.39, 0.29) is 22.4 Å². The number of methoxy groups -OCH3 is 1. The van der Waals surface area contributed by atoms with Gasteiger partial charge < -0.3 is 15.2 Å². The monoisotopic (exact) mass is 243 g/mol. The summed E-state index contributed by atoms with van der Waals surface area (Å²) in [4.78, 5) is 11.1. The number of halogens is 1. The summed E-state index contributed by atoms with van der Waals surface area (Å²) in [5.41, 5.74) is 5.43. The van der Waals surface area contributed by atoms with Crippen LogP contribution in [0.15, 0.2) is 12.1 Å². The molecule has 88 valence electrons. The van der Waals surface area contributed by atoms with Gasteiger partial charge in [0, 0.05) is 0 Å². The summed E-state index contributed by atoms with van der Waals surface area (Å²) in [7, 11) is 1.42. The lowest BCUT2D eigenvalue weighted by Gasteiger charge is -2.14. The van der Waals surface area contributed by atoms with Crippen molar-refractivity contribution in [3.05, 3.63) is 22.7 Å². The van der Waals surface area contributed by atoms with Crippen molar-refractivity contribution < 1.29 is 14.3 Å². The van der Waals surface area contributed by atoms with Gasteiger partial charge in [0.2, 0.25) is 0 Å². The zero-order chi connectivity index (χ0) is 12.3. The van der Waals surface area contributed by atoms with E-state index in [2.05, 4.69) is 0 Å². The van der Waals surface area contributed by atoms with Crippen molar-refractivity contribution in [1.29, 1.82) is 0 Å². The number of benzene rings is 1. The summed E-state index contributed by atoms with van der Waals surface area (Å²) < 4.78 is 10.5. The molecule has 0 saturated carbocycles. The van der Waals surface area contributed by atoms with Gasteiger partial charge in [0.15, 0.2) is 5.75 Å². The molecule has 0 heterocycles. The molecule has 0 radical (unpaired) electrons. The maximum atomic E-state index is 11.1. The Morgan fingerprint density at radius 3 is 2.50 bits per heavy atom. The lowest BCUT2D eigenvalue weighted by molar-refractivity contribution is 0.0997. The summed E-state index contributed by atoms with van der Waals surface area (Å²) in [6.07, 6.45) is -0.0124. The second kappa shape index (κ2) is 5.07. The van der Waals surface area contributed by atoms with Gasteiger partial charge in [-0.2, -0.15) is 0 Å². The van der Waals surface area contributed by atoms with Crippen molar-refractivity contribution in [2.45, 2.75) is 20.0 Å². The summed E-state index contributed by atoms with van der Waals surface area (Å²) in [6.45, 7) is 3.76. The first-order valence-electron chi connectivity index (χ1n) is 4.80. The van der Waals surface area contributed by atoms with Crippen LogP contribution in [0.2, 0.25) is 5.02 Å². The molecule has 0 atom stereocenters. The molecule has 0 aromatic heterocycles. The van der Waals surface area contributed by atoms with Crippen LogP contribution in [0.25, 0.3) is 0 Å². The third-order valence-corrected chi connectivity index (χ3v) is 2.25. The number of hydrogen-bond acceptors (Lipinski definition) is 3. The van der Waals surface area contributed by atoms with Crippen molar-refractivity contribution in [3.63, 3.8) is 0 Å². The van der Waals surface area contributed by atoms with Crippen molar-refractivity contribution in [3.8, 4) is 11.5 Å². The summed E-state index contributed by atoms with van der Waals surface area (Å²) in [5, 5.41) is 0.257. The predicted molar refractivity (Wildman–Crippen MR) is 62.3 cm³/mol. The van der Waals surface area contributed by atoms with Crippen LogP contribution in [0.4, 0.5) is 0 Å². The molecule has 0 saturated heterocycles. The molecule has 1 rings (SSSR count).